The van der Waals surface area contributed by atoms with Crippen molar-refractivity contribution in [3.63, 3.8) is 0 Å². The number of anilines is 1. The van der Waals surface area contributed by atoms with Crippen molar-refractivity contribution in [2.24, 2.45) is 5.92 Å². The average Bonchev–Trinajstić information content (AvgIpc) is 3.10. The summed E-state index contributed by atoms with van der Waals surface area (Å²) in [5.41, 5.74) is 1.32. The van der Waals surface area contributed by atoms with Gasteiger partial charge in [-0.05, 0) is 18.1 Å². The maximum atomic E-state index is 13.2. The monoisotopic (exact) mass is 320 g/mol. The van der Waals surface area contributed by atoms with Crippen molar-refractivity contribution in [1.29, 1.82) is 0 Å². The van der Waals surface area contributed by atoms with E-state index in [0.717, 1.165) is 16.6 Å². The molecule has 3 aromatic rings. The number of benzene rings is 2. The van der Waals surface area contributed by atoms with Crippen molar-refractivity contribution >= 4 is 22.5 Å². The number of fused-ring (bicyclic) bond motifs is 2. The third-order valence-electron chi connectivity index (χ3n) is 4.67. The van der Waals surface area contributed by atoms with Gasteiger partial charge in [0.15, 0.2) is 5.60 Å². The smallest absolute Gasteiger partial charge is 0.268 e. The second kappa shape index (κ2) is 5.21. The first-order valence-electron chi connectivity index (χ1n) is 8.24. The standard InChI is InChI=1S/C20H20N2O2/c1-13(2)12-22-18-10-6-4-8-15(18)20(24,19(22)23)16-11-21-17-9-5-3-7-14(16)17/h3-11,13,21,24H,12H2,1-2H3/t20-/m1/s1. The normalized spacial score (nSPS) is 20.2. The molecule has 0 spiro atoms. The summed E-state index contributed by atoms with van der Waals surface area (Å²) < 4.78 is 0. The van der Waals surface area contributed by atoms with Gasteiger partial charge in [0, 0.05) is 34.8 Å². The van der Waals surface area contributed by atoms with Crippen LogP contribution in [-0.4, -0.2) is 22.5 Å². The number of carbonyl (C=O) groups is 1. The van der Waals surface area contributed by atoms with Crippen molar-refractivity contribution in [2.75, 3.05) is 11.4 Å². The zero-order valence-corrected chi connectivity index (χ0v) is 13.8. The molecule has 1 aliphatic heterocycles. The molecule has 2 heterocycles. The predicted molar refractivity (Wildman–Crippen MR) is 94.9 cm³/mol. The third-order valence-corrected chi connectivity index (χ3v) is 4.67. The highest BCUT2D eigenvalue weighted by atomic mass is 16.3. The Bertz CT molecular complexity index is 928. The molecule has 0 radical (unpaired) electrons. The number of para-hydroxylation sites is 2. The Kier molecular flexibility index (Phi) is 3.25. The van der Waals surface area contributed by atoms with Crippen LogP contribution in [0, 0.1) is 5.92 Å². The molecule has 1 aliphatic rings. The van der Waals surface area contributed by atoms with Gasteiger partial charge >= 0.3 is 0 Å². The van der Waals surface area contributed by atoms with Gasteiger partial charge in [0.25, 0.3) is 5.91 Å². The topological polar surface area (TPSA) is 56.3 Å². The van der Waals surface area contributed by atoms with Gasteiger partial charge in [-0.3, -0.25) is 4.79 Å². The Morgan fingerprint density at radius 1 is 1.08 bits per heavy atom. The van der Waals surface area contributed by atoms with Crippen LogP contribution < -0.4 is 4.90 Å². The van der Waals surface area contributed by atoms with E-state index in [1.807, 2.05) is 48.5 Å². The molecule has 0 saturated heterocycles. The van der Waals surface area contributed by atoms with Gasteiger partial charge in [-0.1, -0.05) is 50.2 Å². The molecule has 1 atom stereocenters. The van der Waals surface area contributed by atoms with E-state index in [-0.39, 0.29) is 5.91 Å². The van der Waals surface area contributed by atoms with Crippen LogP contribution in [-0.2, 0) is 10.4 Å². The largest absolute Gasteiger partial charge is 0.372 e. The fraction of sp³-hybridized carbons (Fsp3) is 0.250. The quantitative estimate of drug-likeness (QED) is 0.777. The molecule has 1 aromatic heterocycles. The highest BCUT2D eigenvalue weighted by Crippen LogP contribution is 2.46. The summed E-state index contributed by atoms with van der Waals surface area (Å²) in [7, 11) is 0. The van der Waals surface area contributed by atoms with Crippen LogP contribution in [0.3, 0.4) is 0 Å². The number of nitrogens with one attached hydrogen (secondary N) is 1. The average molecular weight is 320 g/mol. The Labute approximate surface area is 140 Å². The molecule has 0 saturated carbocycles. The van der Waals surface area contributed by atoms with Crippen LogP contribution in [0.5, 0.6) is 0 Å². The number of nitrogens with zero attached hydrogens (tertiary/aromatic N) is 1. The number of rotatable bonds is 3. The lowest BCUT2D eigenvalue weighted by molar-refractivity contribution is -0.132. The third kappa shape index (κ3) is 1.93. The summed E-state index contributed by atoms with van der Waals surface area (Å²) >= 11 is 0. The van der Waals surface area contributed by atoms with E-state index >= 15 is 0 Å². The first-order valence-corrected chi connectivity index (χ1v) is 8.24. The molecule has 2 N–H and O–H groups in total. The van der Waals surface area contributed by atoms with Gasteiger partial charge < -0.3 is 15.0 Å². The van der Waals surface area contributed by atoms with Crippen molar-refractivity contribution in [3.8, 4) is 0 Å². The Hall–Kier alpha value is -2.59. The van der Waals surface area contributed by atoms with Crippen LogP contribution in [0.2, 0.25) is 0 Å². The lowest BCUT2D eigenvalue weighted by Gasteiger charge is -2.24. The summed E-state index contributed by atoms with van der Waals surface area (Å²) in [4.78, 5) is 18.1. The van der Waals surface area contributed by atoms with Gasteiger partial charge in [-0.15, -0.1) is 0 Å². The second-order valence-electron chi connectivity index (χ2n) is 6.79. The molecule has 0 fully saturated rings. The molecule has 122 valence electrons. The molecule has 2 aromatic carbocycles. The van der Waals surface area contributed by atoms with Crippen LogP contribution in [0.25, 0.3) is 10.9 Å². The van der Waals surface area contributed by atoms with E-state index in [2.05, 4.69) is 18.8 Å². The minimum atomic E-state index is -1.65. The molecule has 0 bridgehead atoms. The lowest BCUT2D eigenvalue weighted by atomic mass is 9.87. The second-order valence-corrected chi connectivity index (χ2v) is 6.79. The summed E-state index contributed by atoms with van der Waals surface area (Å²) in [6.07, 6.45) is 1.75. The molecule has 4 nitrogen and oxygen atoms in total. The maximum absolute atomic E-state index is 13.2. The summed E-state index contributed by atoms with van der Waals surface area (Å²) in [5, 5.41) is 12.4. The van der Waals surface area contributed by atoms with Crippen LogP contribution in [0.4, 0.5) is 5.69 Å². The van der Waals surface area contributed by atoms with Crippen LogP contribution >= 0.6 is 0 Å². The predicted octanol–water partition coefficient (Wildman–Crippen LogP) is 3.41. The minimum Gasteiger partial charge on any atom is -0.372 e. The van der Waals surface area contributed by atoms with Crippen molar-refractivity contribution in [2.45, 2.75) is 19.4 Å². The fourth-order valence-corrected chi connectivity index (χ4v) is 3.61. The van der Waals surface area contributed by atoms with Crippen LogP contribution in [0.15, 0.2) is 54.7 Å². The van der Waals surface area contributed by atoms with Crippen molar-refractivity contribution < 1.29 is 9.90 Å². The molecule has 1 amide bonds. The Morgan fingerprint density at radius 2 is 1.79 bits per heavy atom. The number of H-pyrrole nitrogens is 1. The van der Waals surface area contributed by atoms with E-state index in [1.165, 1.54) is 0 Å². The van der Waals surface area contributed by atoms with Gasteiger partial charge in [0.1, 0.15) is 0 Å². The maximum Gasteiger partial charge on any atom is 0.268 e. The zero-order chi connectivity index (χ0) is 16.9. The molecule has 0 aliphatic carbocycles. The van der Waals surface area contributed by atoms with Gasteiger partial charge in [0.05, 0.1) is 5.69 Å². The summed E-state index contributed by atoms with van der Waals surface area (Å²) in [5.74, 6) is 0.0366. The number of aromatic amines is 1. The SMILES string of the molecule is CC(C)CN1C(=O)[C@](O)(c2c[nH]c3ccccc23)c2ccccc21. The number of aromatic nitrogens is 1. The number of aliphatic hydroxyl groups is 1. The molecular weight excluding hydrogens is 300 g/mol. The van der Waals surface area contributed by atoms with E-state index in [9.17, 15) is 9.90 Å². The van der Waals surface area contributed by atoms with Crippen molar-refractivity contribution in [1.82, 2.24) is 4.98 Å². The number of hydrogen-bond acceptors (Lipinski definition) is 2. The van der Waals surface area contributed by atoms with E-state index in [4.69, 9.17) is 0 Å². The first-order chi connectivity index (χ1) is 11.5. The highest BCUT2D eigenvalue weighted by molar-refractivity contribution is 6.11. The number of amides is 1. The Morgan fingerprint density at radius 3 is 2.58 bits per heavy atom. The Balaban J connectivity index is 1.95. The van der Waals surface area contributed by atoms with Gasteiger partial charge in [-0.25, -0.2) is 0 Å². The van der Waals surface area contributed by atoms with Gasteiger partial charge in [0.2, 0.25) is 0 Å². The van der Waals surface area contributed by atoms with Crippen LogP contribution in [0.1, 0.15) is 25.0 Å². The molecule has 0 unspecified atom stereocenters. The summed E-state index contributed by atoms with van der Waals surface area (Å²) in [6, 6.07) is 15.2. The zero-order valence-electron chi connectivity index (χ0n) is 13.8. The number of hydrogen-bond donors (Lipinski definition) is 2. The summed E-state index contributed by atoms with van der Waals surface area (Å²) in [6.45, 7) is 4.72. The van der Waals surface area contributed by atoms with Crippen molar-refractivity contribution in [3.05, 3.63) is 65.9 Å². The lowest BCUT2D eigenvalue weighted by Crippen LogP contribution is -2.42. The molecule has 4 heteroatoms. The van der Waals surface area contributed by atoms with E-state index in [1.54, 1.807) is 11.1 Å². The highest BCUT2D eigenvalue weighted by Gasteiger charge is 2.51. The van der Waals surface area contributed by atoms with E-state index in [0.29, 0.717) is 23.6 Å². The fourth-order valence-electron chi connectivity index (χ4n) is 3.61. The first kappa shape index (κ1) is 15.0. The number of carbonyl (C=O) groups excluding carboxylic acids is 1. The van der Waals surface area contributed by atoms with Gasteiger partial charge in [-0.2, -0.15) is 0 Å². The van der Waals surface area contributed by atoms with E-state index < -0.39 is 5.60 Å². The molecular formula is C20H20N2O2. The minimum absolute atomic E-state index is 0.276. The molecule has 4 rings (SSSR count). The molecule has 24 heavy (non-hydrogen) atoms.